The first-order valence-electron chi connectivity index (χ1n) is 6.20. The summed E-state index contributed by atoms with van der Waals surface area (Å²) in [5, 5.41) is 10.3. The second kappa shape index (κ2) is 6.31. The molecule has 2 rings (SSSR count). The molecular weight excluding hydrogens is 216 g/mol. The summed E-state index contributed by atoms with van der Waals surface area (Å²) in [6, 6.07) is 10.6. The van der Waals surface area contributed by atoms with Gasteiger partial charge in [0.05, 0.1) is 6.10 Å². The van der Waals surface area contributed by atoms with Crippen LogP contribution in [-0.2, 0) is 6.42 Å². The summed E-state index contributed by atoms with van der Waals surface area (Å²) in [5.41, 5.74) is 1.40. The minimum absolute atomic E-state index is 0.0606. The van der Waals surface area contributed by atoms with Gasteiger partial charge in [-0.25, -0.2) is 0 Å². The van der Waals surface area contributed by atoms with Crippen LogP contribution in [0.3, 0.4) is 0 Å². The normalized spacial score (nSPS) is 25.6. The predicted octanol–water partition coefficient (Wildman–Crippen LogP) is 3.27. The van der Waals surface area contributed by atoms with Crippen molar-refractivity contribution in [3.63, 3.8) is 0 Å². The molecule has 2 atom stereocenters. The van der Waals surface area contributed by atoms with Gasteiger partial charge in [0.2, 0.25) is 0 Å². The highest BCUT2D eigenvalue weighted by Gasteiger charge is 2.22. The van der Waals surface area contributed by atoms with Gasteiger partial charge in [-0.3, -0.25) is 0 Å². The van der Waals surface area contributed by atoms with Crippen molar-refractivity contribution in [1.82, 2.24) is 0 Å². The van der Waals surface area contributed by atoms with E-state index in [0.717, 1.165) is 18.6 Å². The van der Waals surface area contributed by atoms with Gasteiger partial charge in [0.25, 0.3) is 0 Å². The van der Waals surface area contributed by atoms with Crippen LogP contribution in [0.15, 0.2) is 30.3 Å². The monoisotopic (exact) mass is 236 g/mol. The fraction of sp³-hybridized carbons (Fsp3) is 0.571. The van der Waals surface area contributed by atoms with Crippen LogP contribution in [0.2, 0.25) is 0 Å². The Labute approximate surface area is 102 Å². The molecule has 1 aromatic carbocycles. The molecule has 1 N–H and O–H groups in total. The molecule has 16 heavy (non-hydrogen) atoms. The van der Waals surface area contributed by atoms with E-state index in [4.69, 9.17) is 0 Å². The summed E-state index contributed by atoms with van der Waals surface area (Å²) in [6.45, 7) is 0. The Balaban J connectivity index is 1.71. The molecule has 2 unspecified atom stereocenters. The van der Waals surface area contributed by atoms with Gasteiger partial charge in [0.1, 0.15) is 0 Å². The molecule has 1 aromatic rings. The Hall–Kier alpha value is -0.470. The van der Waals surface area contributed by atoms with Crippen LogP contribution in [0.1, 0.15) is 31.2 Å². The molecule has 1 aliphatic rings. The lowest BCUT2D eigenvalue weighted by Gasteiger charge is -2.26. The molecule has 1 saturated carbocycles. The molecular formula is C14H20OS. The van der Waals surface area contributed by atoms with Gasteiger partial charge in [-0.1, -0.05) is 43.2 Å². The number of aliphatic hydroxyl groups excluding tert-OH is 1. The zero-order valence-corrected chi connectivity index (χ0v) is 10.5. The van der Waals surface area contributed by atoms with Crippen molar-refractivity contribution in [1.29, 1.82) is 0 Å². The van der Waals surface area contributed by atoms with Crippen LogP contribution in [0.25, 0.3) is 0 Å². The quantitative estimate of drug-likeness (QED) is 0.866. The van der Waals surface area contributed by atoms with E-state index in [-0.39, 0.29) is 6.10 Å². The molecule has 1 nitrogen and oxygen atoms in total. The Bertz CT molecular complexity index is 299. The first kappa shape index (κ1) is 12.0. The number of benzene rings is 1. The van der Waals surface area contributed by atoms with Crippen molar-refractivity contribution in [2.75, 3.05) is 5.75 Å². The first-order valence-corrected chi connectivity index (χ1v) is 7.25. The number of hydrogen-bond acceptors (Lipinski definition) is 2. The van der Waals surface area contributed by atoms with Crippen molar-refractivity contribution in [2.45, 2.75) is 43.5 Å². The highest BCUT2D eigenvalue weighted by Crippen LogP contribution is 2.29. The molecule has 0 spiro atoms. The highest BCUT2D eigenvalue weighted by molar-refractivity contribution is 7.99. The van der Waals surface area contributed by atoms with Gasteiger partial charge in [0, 0.05) is 5.25 Å². The largest absolute Gasteiger partial charge is 0.392 e. The summed E-state index contributed by atoms with van der Waals surface area (Å²) in [7, 11) is 0. The molecule has 0 radical (unpaired) electrons. The lowest BCUT2D eigenvalue weighted by Crippen LogP contribution is -2.27. The molecule has 0 aromatic heterocycles. The van der Waals surface area contributed by atoms with Crippen LogP contribution in [-0.4, -0.2) is 22.2 Å². The molecule has 88 valence electrons. The van der Waals surface area contributed by atoms with Crippen LogP contribution in [0.4, 0.5) is 0 Å². The van der Waals surface area contributed by atoms with Gasteiger partial charge in [-0.15, -0.1) is 0 Å². The lowest BCUT2D eigenvalue weighted by molar-refractivity contribution is 0.137. The van der Waals surface area contributed by atoms with Crippen molar-refractivity contribution >= 4 is 11.8 Å². The van der Waals surface area contributed by atoms with Gasteiger partial charge < -0.3 is 5.11 Å². The molecule has 1 fully saturated rings. The Morgan fingerprint density at radius 1 is 1.12 bits per heavy atom. The fourth-order valence-electron chi connectivity index (χ4n) is 2.24. The van der Waals surface area contributed by atoms with Gasteiger partial charge in [-0.05, 0) is 30.6 Å². The first-order chi connectivity index (χ1) is 7.86. The summed E-state index contributed by atoms with van der Waals surface area (Å²) in [4.78, 5) is 0. The van der Waals surface area contributed by atoms with Crippen LogP contribution < -0.4 is 0 Å². The molecule has 0 saturated heterocycles. The maximum absolute atomic E-state index is 9.85. The van der Waals surface area contributed by atoms with Crippen molar-refractivity contribution in [3.05, 3.63) is 35.9 Å². The SMILES string of the molecule is OC1CCCCC1SCCc1ccccc1. The van der Waals surface area contributed by atoms with E-state index >= 15 is 0 Å². The summed E-state index contributed by atoms with van der Waals surface area (Å²) >= 11 is 1.95. The second-order valence-corrected chi connectivity index (χ2v) is 5.84. The molecule has 0 amide bonds. The standard InChI is InChI=1S/C14H20OS/c15-13-8-4-5-9-14(13)16-11-10-12-6-2-1-3-7-12/h1-3,6-7,13-15H,4-5,8-11H2. The number of rotatable bonds is 4. The molecule has 1 aliphatic carbocycles. The number of hydrogen-bond donors (Lipinski definition) is 1. The van der Waals surface area contributed by atoms with E-state index in [0.29, 0.717) is 5.25 Å². The zero-order chi connectivity index (χ0) is 11.2. The van der Waals surface area contributed by atoms with E-state index in [9.17, 15) is 5.11 Å². The fourth-order valence-corrected chi connectivity index (χ4v) is 3.59. The van der Waals surface area contributed by atoms with Gasteiger partial charge in [-0.2, -0.15) is 11.8 Å². The maximum Gasteiger partial charge on any atom is 0.0658 e. The summed E-state index contributed by atoms with van der Waals surface area (Å²) in [6.07, 6.45) is 5.75. The van der Waals surface area contributed by atoms with Crippen LogP contribution >= 0.6 is 11.8 Å². The van der Waals surface area contributed by atoms with E-state index in [1.165, 1.54) is 24.8 Å². The molecule has 0 bridgehead atoms. The average Bonchev–Trinajstić information content (AvgIpc) is 2.33. The average molecular weight is 236 g/mol. The number of aliphatic hydroxyl groups is 1. The minimum Gasteiger partial charge on any atom is -0.392 e. The summed E-state index contributed by atoms with van der Waals surface area (Å²) < 4.78 is 0. The predicted molar refractivity (Wildman–Crippen MR) is 70.9 cm³/mol. The lowest BCUT2D eigenvalue weighted by atomic mass is 9.97. The van der Waals surface area contributed by atoms with Crippen molar-refractivity contribution in [3.8, 4) is 0 Å². The van der Waals surface area contributed by atoms with E-state index < -0.39 is 0 Å². The number of aryl methyl sites for hydroxylation is 1. The molecule has 2 heteroatoms. The smallest absolute Gasteiger partial charge is 0.0658 e. The Kier molecular flexibility index (Phi) is 4.73. The maximum atomic E-state index is 9.85. The van der Waals surface area contributed by atoms with E-state index in [1.807, 2.05) is 11.8 Å². The topological polar surface area (TPSA) is 20.2 Å². The third-order valence-corrected chi connectivity index (χ3v) is 4.65. The van der Waals surface area contributed by atoms with Crippen LogP contribution in [0, 0.1) is 0 Å². The molecule has 0 heterocycles. The second-order valence-electron chi connectivity index (χ2n) is 4.50. The van der Waals surface area contributed by atoms with Gasteiger partial charge >= 0.3 is 0 Å². The third kappa shape index (κ3) is 3.53. The summed E-state index contributed by atoms with van der Waals surface area (Å²) in [5.74, 6) is 1.13. The van der Waals surface area contributed by atoms with Gasteiger partial charge in [0.15, 0.2) is 0 Å². The Morgan fingerprint density at radius 2 is 1.88 bits per heavy atom. The van der Waals surface area contributed by atoms with Crippen molar-refractivity contribution < 1.29 is 5.11 Å². The third-order valence-electron chi connectivity index (χ3n) is 3.23. The van der Waals surface area contributed by atoms with Crippen molar-refractivity contribution in [2.24, 2.45) is 0 Å². The van der Waals surface area contributed by atoms with E-state index in [2.05, 4.69) is 30.3 Å². The zero-order valence-electron chi connectivity index (χ0n) is 9.64. The highest BCUT2D eigenvalue weighted by atomic mass is 32.2. The number of thioether (sulfide) groups is 1. The van der Waals surface area contributed by atoms with Crippen LogP contribution in [0.5, 0.6) is 0 Å². The Morgan fingerprint density at radius 3 is 2.62 bits per heavy atom. The molecule has 0 aliphatic heterocycles. The van der Waals surface area contributed by atoms with E-state index in [1.54, 1.807) is 0 Å². The minimum atomic E-state index is -0.0606.